The number of phosphoric ester groups is 1. The molecule has 0 unspecified atom stereocenters. The lowest BCUT2D eigenvalue weighted by atomic mass is 10.0. The number of carbonyl (C=O) groups excluding carboxylic acids is 2. The van der Waals surface area contributed by atoms with Crippen LogP contribution in [0.25, 0.3) is 0 Å². The molecule has 0 aromatic heterocycles. The van der Waals surface area contributed by atoms with Crippen LogP contribution in [0.4, 0.5) is 0 Å². The molecule has 13 heteroatoms. The van der Waals surface area contributed by atoms with Crippen molar-refractivity contribution in [3.8, 4) is 34.5 Å². The quantitative estimate of drug-likeness (QED) is 0.0901. The topological polar surface area (TPSA) is 127 Å². The van der Waals surface area contributed by atoms with Crippen LogP contribution < -0.4 is 28.0 Å². The Bertz CT molecular complexity index is 1600. The molecule has 10 nitrogen and oxygen atoms in total. The summed E-state index contributed by atoms with van der Waals surface area (Å²) in [6, 6.07) is 19.5. The molecule has 248 valence electrons. The molecule has 0 saturated heterocycles. The maximum atomic E-state index is 13.2. The highest BCUT2D eigenvalue weighted by atomic mass is 35.5. The second-order valence-corrected chi connectivity index (χ2v) is 12.3. The second-order valence-electron chi connectivity index (χ2n) is 10.2. The molecule has 0 bridgehead atoms. The van der Waals surface area contributed by atoms with Crippen LogP contribution in [0.5, 0.6) is 34.5 Å². The van der Waals surface area contributed by atoms with Crippen LogP contribution in [-0.4, -0.2) is 44.9 Å². The van der Waals surface area contributed by atoms with Gasteiger partial charge in [-0.1, -0.05) is 47.5 Å². The molecule has 0 aliphatic heterocycles. The lowest BCUT2D eigenvalue weighted by Crippen LogP contribution is -2.08. The van der Waals surface area contributed by atoms with E-state index in [0.717, 1.165) is 11.1 Å². The van der Waals surface area contributed by atoms with Gasteiger partial charge in [0.25, 0.3) is 0 Å². The smallest absolute Gasteiger partial charge is 0.496 e. The Labute approximate surface area is 282 Å². The fourth-order valence-corrected chi connectivity index (χ4v) is 5.82. The predicted molar refractivity (Wildman–Crippen MR) is 178 cm³/mol. The summed E-state index contributed by atoms with van der Waals surface area (Å²) in [7, 11) is 0.528. The molecule has 4 aromatic carbocycles. The van der Waals surface area contributed by atoms with Crippen LogP contribution in [0.2, 0.25) is 10.0 Å². The Morgan fingerprint density at radius 1 is 0.596 bits per heavy atom. The Morgan fingerprint density at radius 3 is 1.17 bits per heavy atom. The van der Waals surface area contributed by atoms with Crippen molar-refractivity contribution in [2.75, 3.05) is 28.4 Å². The molecule has 0 radical (unpaired) electrons. The Morgan fingerprint density at radius 2 is 0.894 bits per heavy atom. The molecular weight excluding hydrogens is 670 g/mol. The Kier molecular flexibility index (Phi) is 12.2. The number of ketones is 2. The zero-order chi connectivity index (χ0) is 34.1. The molecule has 0 atom stereocenters. The van der Waals surface area contributed by atoms with Gasteiger partial charge in [0.05, 0.1) is 28.4 Å². The number of ether oxygens (including phenoxy) is 4. The maximum absolute atomic E-state index is 13.2. The van der Waals surface area contributed by atoms with E-state index in [2.05, 4.69) is 0 Å². The zero-order valence-electron chi connectivity index (χ0n) is 26.1. The number of phosphoric acid groups is 1. The van der Waals surface area contributed by atoms with Crippen molar-refractivity contribution in [3.05, 3.63) is 105 Å². The average Bonchev–Trinajstić information content (AvgIpc) is 3.06. The number of rotatable bonds is 16. The normalized spacial score (nSPS) is 11.0. The SMILES string of the molecule is COc1cc(OP(=O)(O)Oc2cc(OC)c(C(=O)CCc3ccc(Cl)cc3)c(OC)c2)cc(OC)c1C(=O)CCc1ccc(Cl)cc1. The highest BCUT2D eigenvalue weighted by Gasteiger charge is 2.30. The minimum Gasteiger partial charge on any atom is -0.496 e. The van der Waals surface area contributed by atoms with Gasteiger partial charge in [-0.25, -0.2) is 4.57 Å². The van der Waals surface area contributed by atoms with Gasteiger partial charge in [-0.15, -0.1) is 0 Å². The average molecular weight is 704 g/mol. The van der Waals surface area contributed by atoms with E-state index in [1.807, 2.05) is 24.3 Å². The van der Waals surface area contributed by atoms with Gasteiger partial charge in [0.2, 0.25) is 0 Å². The first kappa shape index (κ1) is 35.6. The van der Waals surface area contributed by atoms with Gasteiger partial charge in [0.15, 0.2) is 11.6 Å². The molecule has 4 aromatic rings. The summed E-state index contributed by atoms with van der Waals surface area (Å²) in [6.45, 7) is 0. The number of hydrogen-bond donors (Lipinski definition) is 1. The summed E-state index contributed by atoms with van der Waals surface area (Å²) in [5.41, 5.74) is 2.14. The summed E-state index contributed by atoms with van der Waals surface area (Å²) in [5, 5.41) is 1.19. The standard InChI is InChI=1S/C34H33Cl2O10P/c1-41-29-17-25(18-30(42-2)33(29)27(37)15-9-21-5-11-23(35)12-6-21)45-47(39,40)46-26-19-31(43-3)34(32(20-26)44-4)28(38)16-10-22-7-13-24(36)14-8-22/h5-8,11-14,17-20H,9-10,15-16H2,1-4H3,(H,39,40). The van der Waals surface area contributed by atoms with Crippen LogP contribution in [0.15, 0.2) is 72.8 Å². The van der Waals surface area contributed by atoms with Gasteiger partial charge in [0, 0.05) is 47.2 Å². The number of benzene rings is 4. The van der Waals surface area contributed by atoms with E-state index in [1.165, 1.54) is 52.7 Å². The molecule has 1 N–H and O–H groups in total. The maximum Gasteiger partial charge on any atom is 0.584 e. The number of methoxy groups -OCH3 is 4. The van der Waals surface area contributed by atoms with E-state index in [-0.39, 0.29) is 70.0 Å². The van der Waals surface area contributed by atoms with Gasteiger partial charge >= 0.3 is 7.82 Å². The molecule has 0 spiro atoms. The van der Waals surface area contributed by atoms with Crippen LogP contribution in [-0.2, 0) is 17.4 Å². The monoisotopic (exact) mass is 702 g/mol. The number of hydrogen-bond acceptors (Lipinski definition) is 9. The van der Waals surface area contributed by atoms with Crippen molar-refractivity contribution in [1.82, 2.24) is 0 Å². The van der Waals surface area contributed by atoms with Gasteiger partial charge in [-0.2, -0.15) is 0 Å². The van der Waals surface area contributed by atoms with Gasteiger partial charge in [-0.3, -0.25) is 14.5 Å². The summed E-state index contributed by atoms with van der Waals surface area (Å²) in [5.74, 6) is -0.569. The Balaban J connectivity index is 1.51. The van der Waals surface area contributed by atoms with Crippen molar-refractivity contribution < 1.29 is 47.0 Å². The van der Waals surface area contributed by atoms with Gasteiger partial charge in [0.1, 0.15) is 45.6 Å². The second kappa shape index (κ2) is 16.1. The van der Waals surface area contributed by atoms with E-state index in [4.69, 9.17) is 51.2 Å². The van der Waals surface area contributed by atoms with Crippen molar-refractivity contribution >= 4 is 42.6 Å². The number of Topliss-reactive ketones (excluding diaryl/α,β-unsaturated/α-hetero) is 2. The summed E-state index contributed by atoms with van der Waals surface area (Å²) in [6.07, 6.45) is 1.17. The van der Waals surface area contributed by atoms with E-state index in [1.54, 1.807) is 24.3 Å². The van der Waals surface area contributed by atoms with E-state index in [0.29, 0.717) is 22.9 Å². The lowest BCUT2D eigenvalue weighted by molar-refractivity contribution is 0.0968. The molecule has 47 heavy (non-hydrogen) atoms. The molecule has 0 aliphatic rings. The number of aryl methyl sites for hydroxylation is 2. The fraction of sp³-hybridized carbons (Fsp3) is 0.235. The first-order valence-electron chi connectivity index (χ1n) is 14.3. The Hall–Kier alpha value is -4.21. The van der Waals surface area contributed by atoms with Crippen LogP contribution in [0.3, 0.4) is 0 Å². The fourth-order valence-electron chi connectivity index (χ4n) is 4.78. The van der Waals surface area contributed by atoms with Crippen molar-refractivity contribution in [1.29, 1.82) is 0 Å². The first-order valence-corrected chi connectivity index (χ1v) is 16.5. The molecular formula is C34H33Cl2O10P. The largest absolute Gasteiger partial charge is 0.584 e. The molecule has 0 fully saturated rings. The molecule has 0 amide bonds. The van der Waals surface area contributed by atoms with Gasteiger partial charge < -0.3 is 28.0 Å². The van der Waals surface area contributed by atoms with Crippen LogP contribution in [0.1, 0.15) is 44.7 Å². The van der Waals surface area contributed by atoms with E-state index >= 15 is 0 Å². The summed E-state index contributed by atoms with van der Waals surface area (Å²) in [4.78, 5) is 37.1. The van der Waals surface area contributed by atoms with Crippen molar-refractivity contribution in [2.24, 2.45) is 0 Å². The lowest BCUT2D eigenvalue weighted by Gasteiger charge is -2.19. The molecule has 0 heterocycles. The van der Waals surface area contributed by atoms with E-state index < -0.39 is 7.82 Å². The third kappa shape index (κ3) is 9.42. The molecule has 0 saturated carbocycles. The summed E-state index contributed by atoms with van der Waals surface area (Å²) >= 11 is 11.9. The minimum atomic E-state index is -4.86. The van der Waals surface area contributed by atoms with Crippen LogP contribution >= 0.6 is 31.0 Å². The molecule has 4 rings (SSSR count). The van der Waals surface area contributed by atoms with E-state index in [9.17, 15) is 19.0 Å². The van der Waals surface area contributed by atoms with Gasteiger partial charge in [-0.05, 0) is 48.2 Å². The van der Waals surface area contributed by atoms with Crippen molar-refractivity contribution in [2.45, 2.75) is 25.7 Å². The van der Waals surface area contributed by atoms with Crippen LogP contribution in [0, 0.1) is 0 Å². The summed E-state index contributed by atoms with van der Waals surface area (Å²) < 4.78 is 45.5. The highest BCUT2D eigenvalue weighted by Crippen LogP contribution is 2.49. The minimum absolute atomic E-state index is 0.0743. The number of halogens is 2. The van der Waals surface area contributed by atoms with Crippen molar-refractivity contribution in [3.63, 3.8) is 0 Å². The zero-order valence-corrected chi connectivity index (χ0v) is 28.5. The predicted octanol–water partition coefficient (Wildman–Crippen LogP) is 8.22. The highest BCUT2D eigenvalue weighted by molar-refractivity contribution is 7.48. The first-order chi connectivity index (χ1) is 22.5. The third-order valence-electron chi connectivity index (χ3n) is 7.07. The number of carbonyl (C=O) groups is 2. The third-order valence-corrected chi connectivity index (χ3v) is 8.45. The molecule has 0 aliphatic carbocycles.